The van der Waals surface area contributed by atoms with Gasteiger partial charge in [0.05, 0.1) is 36.1 Å². The third-order valence-electron chi connectivity index (χ3n) is 6.06. The first kappa shape index (κ1) is 21.6. The molecule has 2 N–H and O–H groups in total. The van der Waals surface area contributed by atoms with Gasteiger partial charge in [0.15, 0.2) is 0 Å². The number of methoxy groups -OCH3 is 2. The molecule has 0 radical (unpaired) electrons. The molecular formula is C23H28ClN5O2. The van der Waals surface area contributed by atoms with E-state index in [2.05, 4.69) is 28.8 Å². The van der Waals surface area contributed by atoms with Crippen molar-refractivity contribution in [2.75, 3.05) is 40.1 Å². The van der Waals surface area contributed by atoms with Crippen LogP contribution in [0.25, 0.3) is 22.2 Å². The highest BCUT2D eigenvalue weighted by Crippen LogP contribution is 2.44. The van der Waals surface area contributed by atoms with E-state index in [0.717, 1.165) is 71.5 Å². The Morgan fingerprint density at radius 3 is 2.48 bits per heavy atom. The molecule has 0 bridgehead atoms. The predicted molar refractivity (Wildman–Crippen MR) is 124 cm³/mol. The van der Waals surface area contributed by atoms with E-state index >= 15 is 0 Å². The molecular weight excluding hydrogens is 414 g/mol. The lowest BCUT2D eigenvalue weighted by molar-refractivity contribution is 0.254. The first-order valence-electron chi connectivity index (χ1n) is 10.5. The zero-order chi connectivity index (χ0) is 22.1. The summed E-state index contributed by atoms with van der Waals surface area (Å²) < 4.78 is 11.2. The molecule has 3 heterocycles. The normalized spacial score (nSPS) is 15.4. The van der Waals surface area contributed by atoms with Crippen LogP contribution in [0.2, 0.25) is 5.02 Å². The van der Waals surface area contributed by atoms with E-state index in [1.165, 1.54) is 0 Å². The summed E-state index contributed by atoms with van der Waals surface area (Å²) >= 11 is 6.81. The number of ether oxygens (including phenoxy) is 2. The number of hydrogen-bond acceptors (Lipinski definition) is 7. The van der Waals surface area contributed by atoms with Crippen LogP contribution < -0.4 is 15.2 Å². The smallest absolute Gasteiger partial charge is 0.220 e. The first-order chi connectivity index (χ1) is 15.0. The molecule has 0 unspecified atom stereocenters. The molecule has 0 spiro atoms. The summed E-state index contributed by atoms with van der Waals surface area (Å²) in [7, 11) is 5.40. The minimum atomic E-state index is 0.256. The fourth-order valence-electron chi connectivity index (χ4n) is 4.37. The average Bonchev–Trinajstić information content (AvgIpc) is 2.78. The molecule has 1 fully saturated rings. The van der Waals surface area contributed by atoms with Crippen LogP contribution in [0, 0.1) is 0 Å². The zero-order valence-corrected chi connectivity index (χ0v) is 19.2. The number of halogens is 1. The van der Waals surface area contributed by atoms with Crippen LogP contribution in [-0.4, -0.2) is 54.2 Å². The molecule has 0 aliphatic carbocycles. The number of piperidine rings is 1. The molecule has 1 aromatic carbocycles. The lowest BCUT2D eigenvalue weighted by atomic mass is 9.91. The number of likely N-dealkylation sites (tertiary alicyclic amines) is 1. The van der Waals surface area contributed by atoms with Crippen molar-refractivity contribution < 1.29 is 9.47 Å². The molecule has 1 aliphatic rings. The molecule has 3 aromatic rings. The Bertz CT molecular complexity index is 1110. The number of hydrogen-bond donors (Lipinski definition) is 1. The topological polar surface area (TPSA) is 86.4 Å². The lowest BCUT2D eigenvalue weighted by Gasteiger charge is -2.29. The molecule has 164 valence electrons. The van der Waals surface area contributed by atoms with Gasteiger partial charge < -0.3 is 20.1 Å². The number of rotatable bonds is 5. The number of nitrogens with two attached hydrogens (primary N) is 1. The quantitative estimate of drug-likeness (QED) is 0.631. The van der Waals surface area contributed by atoms with Crippen LogP contribution in [0.5, 0.6) is 11.5 Å². The summed E-state index contributed by atoms with van der Waals surface area (Å²) in [4.78, 5) is 16.2. The maximum absolute atomic E-state index is 6.81. The third kappa shape index (κ3) is 4.00. The fraction of sp³-hybridized carbons (Fsp3) is 0.435. The molecule has 31 heavy (non-hydrogen) atoms. The van der Waals surface area contributed by atoms with E-state index in [9.17, 15) is 0 Å². The van der Waals surface area contributed by atoms with Gasteiger partial charge in [0.25, 0.3) is 0 Å². The van der Waals surface area contributed by atoms with Gasteiger partial charge >= 0.3 is 0 Å². The van der Waals surface area contributed by atoms with Crippen LogP contribution in [-0.2, 0) is 6.42 Å². The summed E-state index contributed by atoms with van der Waals surface area (Å²) in [6.45, 7) is 4.12. The van der Waals surface area contributed by atoms with Crippen LogP contribution in [0.1, 0.15) is 36.9 Å². The minimum absolute atomic E-state index is 0.256. The first-order valence-corrected chi connectivity index (χ1v) is 10.9. The highest BCUT2D eigenvalue weighted by molar-refractivity contribution is 6.35. The average molecular weight is 442 g/mol. The Kier molecular flexibility index (Phi) is 6.16. The second kappa shape index (κ2) is 8.85. The van der Waals surface area contributed by atoms with Crippen molar-refractivity contribution in [1.82, 2.24) is 19.9 Å². The molecule has 1 saturated heterocycles. The van der Waals surface area contributed by atoms with Crippen molar-refractivity contribution >= 4 is 28.5 Å². The third-order valence-corrected chi connectivity index (χ3v) is 6.44. The summed E-state index contributed by atoms with van der Waals surface area (Å²) in [6, 6.07) is 3.81. The molecule has 4 rings (SSSR count). The molecule has 0 saturated carbocycles. The fourth-order valence-corrected chi connectivity index (χ4v) is 4.71. The van der Waals surface area contributed by atoms with Gasteiger partial charge in [-0.1, -0.05) is 18.5 Å². The van der Waals surface area contributed by atoms with E-state index in [1.807, 2.05) is 12.1 Å². The second-order valence-electron chi connectivity index (χ2n) is 7.94. The van der Waals surface area contributed by atoms with Gasteiger partial charge in [0.2, 0.25) is 5.95 Å². The zero-order valence-electron chi connectivity index (χ0n) is 18.4. The van der Waals surface area contributed by atoms with E-state index < -0.39 is 0 Å². The summed E-state index contributed by atoms with van der Waals surface area (Å²) in [5, 5.41) is 1.42. The van der Waals surface area contributed by atoms with Crippen molar-refractivity contribution in [3.05, 3.63) is 34.6 Å². The van der Waals surface area contributed by atoms with E-state index in [1.54, 1.807) is 20.4 Å². The van der Waals surface area contributed by atoms with Gasteiger partial charge in [-0.2, -0.15) is 0 Å². The van der Waals surface area contributed by atoms with Gasteiger partial charge in [-0.25, -0.2) is 9.97 Å². The van der Waals surface area contributed by atoms with Crippen molar-refractivity contribution in [3.8, 4) is 22.8 Å². The monoisotopic (exact) mass is 441 g/mol. The largest absolute Gasteiger partial charge is 0.496 e. The lowest BCUT2D eigenvalue weighted by Crippen LogP contribution is -2.29. The van der Waals surface area contributed by atoms with Crippen LogP contribution in [0.15, 0.2) is 18.3 Å². The van der Waals surface area contributed by atoms with Gasteiger partial charge in [0.1, 0.15) is 11.5 Å². The van der Waals surface area contributed by atoms with E-state index in [0.29, 0.717) is 16.7 Å². The van der Waals surface area contributed by atoms with Crippen LogP contribution in [0.4, 0.5) is 5.95 Å². The molecule has 1 aliphatic heterocycles. The van der Waals surface area contributed by atoms with E-state index in [-0.39, 0.29) is 5.95 Å². The maximum Gasteiger partial charge on any atom is 0.220 e. The van der Waals surface area contributed by atoms with Crippen molar-refractivity contribution in [1.29, 1.82) is 0 Å². The Labute approximate surface area is 187 Å². The number of pyridine rings is 1. The van der Waals surface area contributed by atoms with Gasteiger partial charge in [-0.05, 0) is 45.5 Å². The second-order valence-corrected chi connectivity index (χ2v) is 8.32. The molecule has 0 amide bonds. The summed E-state index contributed by atoms with van der Waals surface area (Å²) in [5.41, 5.74) is 10.3. The Morgan fingerprint density at radius 1 is 1.13 bits per heavy atom. The highest BCUT2D eigenvalue weighted by atomic mass is 35.5. The Hall–Kier alpha value is -2.64. The van der Waals surface area contributed by atoms with Gasteiger partial charge in [0, 0.05) is 34.7 Å². The SMILES string of the molecule is CCc1c(OC)cc(OC)c(Cl)c1-c1cc2cnc(N)nc2c(C2CCN(C)CC2)n1. The Morgan fingerprint density at radius 2 is 1.84 bits per heavy atom. The van der Waals surface area contributed by atoms with Crippen molar-refractivity contribution in [2.24, 2.45) is 0 Å². The summed E-state index contributed by atoms with van der Waals surface area (Å²) in [6.07, 6.45) is 4.53. The highest BCUT2D eigenvalue weighted by Gasteiger charge is 2.26. The Balaban J connectivity index is 1.98. The van der Waals surface area contributed by atoms with E-state index in [4.69, 9.17) is 31.8 Å². The number of aromatic nitrogens is 3. The number of fused-ring (bicyclic) bond motifs is 1. The number of nitrogens with zero attached hydrogens (tertiary/aromatic N) is 4. The standard InChI is InChI=1S/C23H28ClN5O2/c1-5-15-17(30-3)11-18(31-4)20(24)19(15)16-10-14-12-26-23(25)28-22(14)21(27-16)13-6-8-29(2)9-7-13/h10-13H,5-9H2,1-4H3,(H2,25,26,28). The van der Waals surface area contributed by atoms with Crippen molar-refractivity contribution in [3.63, 3.8) is 0 Å². The molecule has 7 nitrogen and oxygen atoms in total. The molecule has 8 heteroatoms. The molecule has 0 atom stereocenters. The number of benzene rings is 1. The number of nitrogen functional groups attached to an aromatic ring is 1. The van der Waals surface area contributed by atoms with Gasteiger partial charge in [-0.3, -0.25) is 4.98 Å². The maximum atomic E-state index is 6.81. The van der Waals surface area contributed by atoms with Gasteiger partial charge in [-0.15, -0.1) is 0 Å². The number of anilines is 1. The van der Waals surface area contributed by atoms with Crippen molar-refractivity contribution in [2.45, 2.75) is 32.1 Å². The summed E-state index contributed by atoms with van der Waals surface area (Å²) in [5.74, 6) is 1.84. The molecule has 2 aromatic heterocycles. The minimum Gasteiger partial charge on any atom is -0.496 e. The predicted octanol–water partition coefficient (Wildman–Crippen LogP) is 4.32. The van der Waals surface area contributed by atoms with Crippen LogP contribution >= 0.6 is 11.6 Å². The van der Waals surface area contributed by atoms with Crippen LogP contribution in [0.3, 0.4) is 0 Å².